The van der Waals surface area contributed by atoms with Gasteiger partial charge in [-0.15, -0.1) is 4.14 Å². The molecule has 0 unspecified atom stereocenters. The molecule has 0 aromatic rings. The lowest BCUT2D eigenvalue weighted by Crippen LogP contribution is -2.17. The first kappa shape index (κ1) is 13.4. The van der Waals surface area contributed by atoms with Crippen LogP contribution in [0.5, 0.6) is 0 Å². The minimum Gasteiger partial charge on any atom is -0.608 e. The average Bonchev–Trinajstić information content (AvgIpc) is 2.10. The van der Waals surface area contributed by atoms with Crippen LogP contribution in [-0.2, 0) is 10.0 Å². The van der Waals surface area contributed by atoms with Gasteiger partial charge >= 0.3 is 10.0 Å². The van der Waals surface area contributed by atoms with Crippen LogP contribution in [-0.4, -0.2) is 25.0 Å². The van der Waals surface area contributed by atoms with Gasteiger partial charge in [-0.3, -0.25) is 0 Å². The van der Waals surface area contributed by atoms with E-state index in [1.54, 1.807) is 0 Å². The molecule has 0 atom stereocenters. The molecule has 5 heteroatoms. The van der Waals surface area contributed by atoms with Crippen molar-refractivity contribution < 1.29 is 12.6 Å². The van der Waals surface area contributed by atoms with Gasteiger partial charge in [0.25, 0.3) is 0 Å². The molecule has 0 aliphatic rings. The van der Waals surface area contributed by atoms with Crippen molar-refractivity contribution in [2.24, 2.45) is 0 Å². The lowest BCUT2D eigenvalue weighted by molar-refractivity contribution is -0.268. The molecule has 0 saturated heterocycles. The van der Waals surface area contributed by atoms with Crippen molar-refractivity contribution in [3.63, 3.8) is 0 Å². The van der Waals surface area contributed by atoms with E-state index in [9.17, 15) is 13.6 Å². The highest BCUT2D eigenvalue weighted by molar-refractivity contribution is 7.85. The van der Waals surface area contributed by atoms with Gasteiger partial charge in [0.05, 0.1) is 0 Å². The van der Waals surface area contributed by atoms with E-state index in [1.807, 2.05) is 0 Å². The molecule has 0 aromatic carbocycles. The van der Waals surface area contributed by atoms with Gasteiger partial charge < -0.3 is 5.21 Å². The van der Waals surface area contributed by atoms with Crippen LogP contribution in [0.15, 0.2) is 0 Å². The highest BCUT2D eigenvalue weighted by Crippen LogP contribution is 2.06. The van der Waals surface area contributed by atoms with Crippen LogP contribution in [0.4, 0.5) is 0 Å². The third kappa shape index (κ3) is 5.96. The van der Waals surface area contributed by atoms with Gasteiger partial charge in [-0.1, -0.05) is 39.0 Å². The predicted molar refractivity (Wildman–Crippen MR) is 57.9 cm³/mol. The fourth-order valence-electron chi connectivity index (χ4n) is 1.17. The molecule has 0 rings (SSSR count). The molecule has 0 radical (unpaired) electrons. The summed E-state index contributed by atoms with van der Waals surface area (Å²) < 4.78 is 21.7. The standard InChI is InChI=1S/C9H19NO3S/c1-3-4-5-6-7-8-9-14(12,13)10(2)11/h2-9H2,1H3. The summed E-state index contributed by atoms with van der Waals surface area (Å²) in [6.45, 7) is 4.96. The van der Waals surface area contributed by atoms with Gasteiger partial charge in [0, 0.05) is 0 Å². The van der Waals surface area contributed by atoms with Gasteiger partial charge in [-0.05, 0) is 6.42 Å². The number of sulfonamides is 1. The summed E-state index contributed by atoms with van der Waals surface area (Å²) in [7, 11) is -3.62. The van der Waals surface area contributed by atoms with E-state index < -0.39 is 10.0 Å². The van der Waals surface area contributed by atoms with Crippen LogP contribution < -0.4 is 0 Å². The highest BCUT2D eigenvalue weighted by atomic mass is 32.2. The minimum absolute atomic E-state index is 0.0773. The van der Waals surface area contributed by atoms with Gasteiger partial charge in [-0.2, -0.15) is 8.42 Å². The molecule has 0 saturated carbocycles. The topological polar surface area (TPSA) is 60.2 Å². The van der Waals surface area contributed by atoms with E-state index in [-0.39, 0.29) is 9.90 Å². The van der Waals surface area contributed by atoms with Gasteiger partial charge in [0.2, 0.25) is 0 Å². The maximum absolute atomic E-state index is 11.0. The molecule has 0 spiro atoms. The molecular formula is C9H19NO3S. The van der Waals surface area contributed by atoms with E-state index in [1.165, 1.54) is 12.8 Å². The monoisotopic (exact) mass is 221 g/mol. The number of hydrogen-bond acceptors (Lipinski definition) is 3. The Labute approximate surface area is 86.3 Å². The SMILES string of the molecule is C=[N+]([O-])S(=O)(=O)CCCCCCCC. The van der Waals surface area contributed by atoms with Crippen molar-refractivity contribution in [2.75, 3.05) is 5.75 Å². The van der Waals surface area contributed by atoms with Crippen molar-refractivity contribution in [3.8, 4) is 0 Å². The zero-order valence-corrected chi connectivity index (χ0v) is 9.55. The third-order valence-corrected chi connectivity index (χ3v) is 3.49. The Balaban J connectivity index is 3.50. The van der Waals surface area contributed by atoms with Gasteiger partial charge in [-0.25, -0.2) is 0 Å². The molecule has 0 bridgehead atoms. The molecular weight excluding hydrogens is 202 g/mol. The van der Waals surface area contributed by atoms with E-state index in [2.05, 4.69) is 13.6 Å². The first-order valence-electron chi connectivity index (χ1n) is 5.01. The van der Waals surface area contributed by atoms with Crippen LogP contribution >= 0.6 is 0 Å². The summed E-state index contributed by atoms with van der Waals surface area (Å²) in [5, 5.41) is 10.4. The molecule has 0 aromatic heterocycles. The quantitative estimate of drug-likeness (QED) is 0.207. The van der Waals surface area contributed by atoms with Gasteiger partial charge in [0.1, 0.15) is 5.75 Å². The van der Waals surface area contributed by atoms with E-state index in [0.717, 1.165) is 19.3 Å². The highest BCUT2D eigenvalue weighted by Gasteiger charge is 2.15. The first-order valence-corrected chi connectivity index (χ1v) is 6.62. The number of unbranched alkanes of at least 4 members (excludes halogenated alkanes) is 5. The smallest absolute Gasteiger partial charge is 0.374 e. The Morgan fingerprint density at radius 2 is 1.64 bits per heavy atom. The predicted octanol–water partition coefficient (Wildman–Crippen LogP) is 1.89. The van der Waals surface area contributed by atoms with Crippen LogP contribution in [0.3, 0.4) is 0 Å². The van der Waals surface area contributed by atoms with Crippen molar-refractivity contribution in [3.05, 3.63) is 5.21 Å². The second-order valence-corrected chi connectivity index (χ2v) is 5.37. The van der Waals surface area contributed by atoms with Crippen LogP contribution in [0, 0.1) is 5.21 Å². The summed E-state index contributed by atoms with van der Waals surface area (Å²) in [5.74, 6) is -0.0773. The lowest BCUT2D eigenvalue weighted by Gasteiger charge is -2.02. The second kappa shape index (κ2) is 6.81. The Hall–Kier alpha value is -0.580. The fourth-order valence-corrected chi connectivity index (χ4v) is 1.94. The molecule has 0 amide bonds. The van der Waals surface area contributed by atoms with Crippen molar-refractivity contribution in [1.82, 2.24) is 0 Å². The molecule has 0 aliphatic heterocycles. The summed E-state index contributed by atoms with van der Waals surface area (Å²) in [4.78, 5) is 0. The summed E-state index contributed by atoms with van der Waals surface area (Å²) in [6, 6.07) is 0. The molecule has 0 N–H and O–H groups in total. The minimum atomic E-state index is -3.62. The fraction of sp³-hybridized carbons (Fsp3) is 0.889. The van der Waals surface area contributed by atoms with Crippen molar-refractivity contribution in [1.29, 1.82) is 0 Å². The zero-order chi connectivity index (χ0) is 11.0. The molecule has 4 nitrogen and oxygen atoms in total. The second-order valence-electron chi connectivity index (χ2n) is 3.39. The Bertz CT molecular complexity index is 259. The van der Waals surface area contributed by atoms with Crippen LogP contribution in [0.25, 0.3) is 0 Å². The summed E-state index contributed by atoms with van der Waals surface area (Å²) in [6.07, 6.45) is 5.97. The molecule has 0 heterocycles. The maximum Gasteiger partial charge on any atom is 0.374 e. The number of nitrogens with zero attached hydrogens (tertiary/aromatic N) is 1. The molecule has 14 heavy (non-hydrogen) atoms. The Kier molecular flexibility index (Phi) is 6.53. The van der Waals surface area contributed by atoms with E-state index in [4.69, 9.17) is 0 Å². The average molecular weight is 221 g/mol. The number of rotatable bonds is 8. The third-order valence-electron chi connectivity index (χ3n) is 2.07. The Morgan fingerprint density at radius 1 is 1.14 bits per heavy atom. The first-order chi connectivity index (χ1) is 6.50. The molecule has 0 aliphatic carbocycles. The van der Waals surface area contributed by atoms with Crippen molar-refractivity contribution >= 4 is 16.7 Å². The zero-order valence-electron chi connectivity index (χ0n) is 8.74. The van der Waals surface area contributed by atoms with E-state index >= 15 is 0 Å². The Morgan fingerprint density at radius 3 is 2.14 bits per heavy atom. The maximum atomic E-state index is 11.0. The van der Waals surface area contributed by atoms with E-state index in [0.29, 0.717) is 6.42 Å². The van der Waals surface area contributed by atoms with Crippen LogP contribution in [0.2, 0.25) is 0 Å². The van der Waals surface area contributed by atoms with Gasteiger partial charge in [0.15, 0.2) is 6.72 Å². The van der Waals surface area contributed by atoms with Crippen LogP contribution in [0.1, 0.15) is 45.4 Å². The largest absolute Gasteiger partial charge is 0.608 e. The lowest BCUT2D eigenvalue weighted by atomic mass is 10.1. The number of hydrogen-bond donors (Lipinski definition) is 0. The molecule has 0 fully saturated rings. The normalized spacial score (nSPS) is 11.5. The summed E-state index contributed by atoms with van der Waals surface area (Å²) >= 11 is 0. The van der Waals surface area contributed by atoms with Crippen molar-refractivity contribution in [2.45, 2.75) is 45.4 Å². The summed E-state index contributed by atoms with van der Waals surface area (Å²) in [5.41, 5.74) is 0. The molecule has 84 valence electrons.